The summed E-state index contributed by atoms with van der Waals surface area (Å²) in [6, 6.07) is 8.90. The Morgan fingerprint density at radius 1 is 1.33 bits per heavy atom. The fraction of sp³-hybridized carbons (Fsp3) is 0.154. The van der Waals surface area contributed by atoms with E-state index in [2.05, 4.69) is 0 Å². The van der Waals surface area contributed by atoms with Gasteiger partial charge in [0.25, 0.3) is 0 Å². The highest BCUT2D eigenvalue weighted by Crippen LogP contribution is 2.24. The molecular formula is C13H12O4S. The third-order valence-corrected chi connectivity index (χ3v) is 3.34. The van der Waals surface area contributed by atoms with Crippen LogP contribution < -0.4 is 10.2 Å². The summed E-state index contributed by atoms with van der Waals surface area (Å²) in [6.45, 7) is 0. The van der Waals surface area contributed by atoms with Crippen molar-refractivity contribution in [1.29, 1.82) is 0 Å². The Bertz CT molecular complexity index is 574. The van der Waals surface area contributed by atoms with Crippen molar-refractivity contribution in [3.8, 4) is 11.5 Å². The average molecular weight is 264 g/mol. The maximum atomic E-state index is 11.2. The standard InChI is InChI=1S/C13H12O4S/c1-16-9-2-4-11(5-3-9)18-8-10-6-12(14)13(15)7-17-10/h2-7,15H,8H2,1H3. The second kappa shape index (κ2) is 5.64. The molecule has 0 bridgehead atoms. The van der Waals surface area contributed by atoms with E-state index < -0.39 is 5.43 Å². The molecule has 0 aliphatic carbocycles. The molecular weight excluding hydrogens is 252 g/mol. The molecule has 0 unspecified atom stereocenters. The van der Waals surface area contributed by atoms with Crippen LogP contribution in [0.25, 0.3) is 0 Å². The molecule has 0 spiro atoms. The first-order valence-electron chi connectivity index (χ1n) is 5.26. The molecule has 5 heteroatoms. The molecule has 0 aliphatic heterocycles. The summed E-state index contributed by atoms with van der Waals surface area (Å²) in [4.78, 5) is 12.2. The number of aromatic hydroxyl groups is 1. The van der Waals surface area contributed by atoms with Gasteiger partial charge in [-0.25, -0.2) is 0 Å². The molecule has 2 rings (SSSR count). The number of rotatable bonds is 4. The van der Waals surface area contributed by atoms with Crippen molar-refractivity contribution in [3.63, 3.8) is 0 Å². The van der Waals surface area contributed by atoms with Gasteiger partial charge in [0.2, 0.25) is 5.43 Å². The van der Waals surface area contributed by atoms with Crippen molar-refractivity contribution in [3.05, 3.63) is 52.6 Å². The third-order valence-electron chi connectivity index (χ3n) is 2.31. The predicted molar refractivity (Wildman–Crippen MR) is 69.2 cm³/mol. The van der Waals surface area contributed by atoms with Gasteiger partial charge in [-0.15, -0.1) is 11.8 Å². The van der Waals surface area contributed by atoms with E-state index in [0.717, 1.165) is 16.9 Å². The smallest absolute Gasteiger partial charge is 0.226 e. The van der Waals surface area contributed by atoms with Crippen LogP contribution in [0.1, 0.15) is 5.76 Å². The van der Waals surface area contributed by atoms with Crippen molar-refractivity contribution >= 4 is 11.8 Å². The molecule has 94 valence electrons. The van der Waals surface area contributed by atoms with Gasteiger partial charge in [0.15, 0.2) is 5.75 Å². The van der Waals surface area contributed by atoms with Crippen molar-refractivity contribution in [1.82, 2.24) is 0 Å². The fourth-order valence-electron chi connectivity index (χ4n) is 1.35. The van der Waals surface area contributed by atoms with E-state index in [4.69, 9.17) is 14.3 Å². The number of ether oxygens (including phenoxy) is 1. The third kappa shape index (κ3) is 3.07. The number of hydrogen-bond acceptors (Lipinski definition) is 5. The molecule has 1 aromatic carbocycles. The number of hydrogen-bond donors (Lipinski definition) is 1. The first kappa shape index (κ1) is 12.6. The average Bonchev–Trinajstić information content (AvgIpc) is 2.41. The molecule has 4 nitrogen and oxygen atoms in total. The largest absolute Gasteiger partial charge is 0.502 e. The van der Waals surface area contributed by atoms with Gasteiger partial charge in [0.1, 0.15) is 17.8 Å². The Hall–Kier alpha value is -1.88. The van der Waals surface area contributed by atoms with Gasteiger partial charge < -0.3 is 14.3 Å². The highest BCUT2D eigenvalue weighted by molar-refractivity contribution is 7.98. The van der Waals surface area contributed by atoms with Crippen LogP contribution in [0.4, 0.5) is 0 Å². The van der Waals surface area contributed by atoms with Crippen LogP contribution in [0, 0.1) is 0 Å². The van der Waals surface area contributed by atoms with Crippen LogP contribution >= 0.6 is 11.8 Å². The molecule has 2 aromatic rings. The van der Waals surface area contributed by atoms with Crippen molar-refractivity contribution in [2.45, 2.75) is 10.6 Å². The summed E-state index contributed by atoms with van der Waals surface area (Å²) in [5.74, 6) is 1.49. The first-order chi connectivity index (χ1) is 8.69. The van der Waals surface area contributed by atoms with E-state index in [-0.39, 0.29) is 5.75 Å². The van der Waals surface area contributed by atoms with E-state index >= 15 is 0 Å². The van der Waals surface area contributed by atoms with Crippen LogP contribution in [-0.4, -0.2) is 12.2 Å². The van der Waals surface area contributed by atoms with Crippen LogP contribution in [0.5, 0.6) is 11.5 Å². The van der Waals surface area contributed by atoms with Crippen LogP contribution in [0.2, 0.25) is 0 Å². The number of thioether (sulfide) groups is 1. The summed E-state index contributed by atoms with van der Waals surface area (Å²) in [6.07, 6.45) is 1.06. The molecule has 1 heterocycles. The highest BCUT2D eigenvalue weighted by Gasteiger charge is 2.03. The molecule has 0 radical (unpaired) electrons. The Kier molecular flexibility index (Phi) is 3.94. The van der Waals surface area contributed by atoms with E-state index in [9.17, 15) is 4.79 Å². The van der Waals surface area contributed by atoms with Gasteiger partial charge >= 0.3 is 0 Å². The fourth-order valence-corrected chi connectivity index (χ4v) is 2.13. The van der Waals surface area contributed by atoms with Gasteiger partial charge in [-0.1, -0.05) is 0 Å². The monoisotopic (exact) mass is 264 g/mol. The lowest BCUT2D eigenvalue weighted by molar-refractivity contribution is 0.414. The van der Waals surface area contributed by atoms with Gasteiger partial charge in [0.05, 0.1) is 12.9 Å². The molecule has 0 saturated heterocycles. The minimum atomic E-state index is -0.424. The lowest BCUT2D eigenvalue weighted by Crippen LogP contribution is -1.98. The maximum absolute atomic E-state index is 11.2. The summed E-state index contributed by atoms with van der Waals surface area (Å²) in [5.41, 5.74) is -0.424. The van der Waals surface area contributed by atoms with Crippen LogP contribution in [-0.2, 0) is 5.75 Å². The molecule has 0 atom stereocenters. The SMILES string of the molecule is COc1ccc(SCc2cc(=O)c(O)co2)cc1. The molecule has 1 N–H and O–H groups in total. The zero-order chi connectivity index (χ0) is 13.0. The first-order valence-corrected chi connectivity index (χ1v) is 6.25. The second-order valence-electron chi connectivity index (χ2n) is 3.56. The van der Waals surface area contributed by atoms with Crippen molar-refractivity contribution < 1.29 is 14.3 Å². The summed E-state index contributed by atoms with van der Waals surface area (Å²) in [5, 5.41) is 9.06. The summed E-state index contributed by atoms with van der Waals surface area (Å²) in [7, 11) is 1.62. The predicted octanol–water partition coefficient (Wildman–Crippen LogP) is 2.65. The molecule has 0 fully saturated rings. The van der Waals surface area contributed by atoms with E-state index in [1.165, 1.54) is 17.8 Å². The minimum Gasteiger partial charge on any atom is -0.502 e. The van der Waals surface area contributed by atoms with Gasteiger partial charge in [-0.3, -0.25) is 4.79 Å². The lowest BCUT2D eigenvalue weighted by Gasteiger charge is -2.03. The number of benzene rings is 1. The Balaban J connectivity index is 2.02. The quantitative estimate of drug-likeness (QED) is 0.860. The van der Waals surface area contributed by atoms with E-state index in [1.54, 1.807) is 7.11 Å². The second-order valence-corrected chi connectivity index (χ2v) is 4.61. The Morgan fingerprint density at radius 3 is 2.67 bits per heavy atom. The van der Waals surface area contributed by atoms with Gasteiger partial charge in [0, 0.05) is 11.0 Å². The zero-order valence-corrected chi connectivity index (χ0v) is 10.6. The Labute approximate surface area is 108 Å². The lowest BCUT2D eigenvalue weighted by atomic mass is 10.3. The Morgan fingerprint density at radius 2 is 2.06 bits per heavy atom. The zero-order valence-electron chi connectivity index (χ0n) is 9.75. The summed E-state index contributed by atoms with van der Waals surface area (Å²) < 4.78 is 10.2. The topological polar surface area (TPSA) is 59.7 Å². The van der Waals surface area contributed by atoms with Gasteiger partial charge in [-0.05, 0) is 24.3 Å². The molecule has 0 saturated carbocycles. The normalized spacial score (nSPS) is 10.3. The van der Waals surface area contributed by atoms with E-state index in [1.807, 2.05) is 24.3 Å². The molecule has 18 heavy (non-hydrogen) atoms. The van der Waals surface area contributed by atoms with Crippen LogP contribution in [0.15, 0.2) is 50.7 Å². The van der Waals surface area contributed by atoms with Gasteiger partial charge in [-0.2, -0.15) is 0 Å². The number of methoxy groups -OCH3 is 1. The highest BCUT2D eigenvalue weighted by atomic mass is 32.2. The maximum Gasteiger partial charge on any atom is 0.226 e. The molecule has 1 aromatic heterocycles. The van der Waals surface area contributed by atoms with Crippen LogP contribution in [0.3, 0.4) is 0 Å². The van der Waals surface area contributed by atoms with E-state index in [0.29, 0.717) is 11.5 Å². The van der Waals surface area contributed by atoms with Crippen molar-refractivity contribution in [2.24, 2.45) is 0 Å². The molecule has 0 amide bonds. The minimum absolute atomic E-state index is 0.367. The molecule has 0 aliphatic rings. The summed E-state index contributed by atoms with van der Waals surface area (Å²) >= 11 is 1.54. The van der Waals surface area contributed by atoms with Crippen molar-refractivity contribution in [2.75, 3.05) is 7.11 Å².